The molecule has 1 unspecified atom stereocenters. The van der Waals surface area contributed by atoms with Gasteiger partial charge in [-0.2, -0.15) is 0 Å². The van der Waals surface area contributed by atoms with E-state index in [0.29, 0.717) is 6.04 Å². The van der Waals surface area contributed by atoms with Gasteiger partial charge < -0.3 is 5.32 Å². The smallest absolute Gasteiger partial charge is 0.0543 e. The van der Waals surface area contributed by atoms with Crippen molar-refractivity contribution in [3.63, 3.8) is 0 Å². The molecule has 0 aromatic carbocycles. The van der Waals surface area contributed by atoms with Crippen LogP contribution in [0.1, 0.15) is 32.4 Å². The standard InChI is InChI=1S/C14H25N3/c1-4-9-15-11-14(5-2)17(3)12-13-8-6-7-10-16-13/h6-8,10,14-15H,4-5,9,11-12H2,1-3H3. The zero-order valence-corrected chi connectivity index (χ0v) is 11.3. The third-order valence-electron chi connectivity index (χ3n) is 3.04. The molecule has 96 valence electrons. The maximum atomic E-state index is 4.37. The van der Waals surface area contributed by atoms with Gasteiger partial charge in [0, 0.05) is 25.3 Å². The summed E-state index contributed by atoms with van der Waals surface area (Å²) < 4.78 is 0. The van der Waals surface area contributed by atoms with Crippen LogP contribution in [0.3, 0.4) is 0 Å². The molecule has 1 aromatic rings. The summed E-state index contributed by atoms with van der Waals surface area (Å²) in [6, 6.07) is 6.68. The normalized spacial score (nSPS) is 12.9. The minimum absolute atomic E-state index is 0.587. The Morgan fingerprint density at radius 1 is 1.35 bits per heavy atom. The average Bonchev–Trinajstić information content (AvgIpc) is 2.36. The third kappa shape index (κ3) is 5.29. The molecular formula is C14H25N3. The lowest BCUT2D eigenvalue weighted by atomic mass is 10.2. The van der Waals surface area contributed by atoms with Gasteiger partial charge in [-0.25, -0.2) is 0 Å². The van der Waals surface area contributed by atoms with E-state index in [9.17, 15) is 0 Å². The number of pyridine rings is 1. The summed E-state index contributed by atoms with van der Waals surface area (Å²) >= 11 is 0. The highest BCUT2D eigenvalue weighted by molar-refractivity contribution is 5.03. The van der Waals surface area contributed by atoms with Crippen molar-refractivity contribution in [2.24, 2.45) is 0 Å². The summed E-state index contributed by atoms with van der Waals surface area (Å²) in [4.78, 5) is 6.75. The first-order chi connectivity index (χ1) is 8.27. The second-order valence-corrected chi connectivity index (χ2v) is 4.50. The molecule has 1 atom stereocenters. The van der Waals surface area contributed by atoms with Crippen LogP contribution in [0.25, 0.3) is 0 Å². The predicted molar refractivity (Wildman–Crippen MR) is 72.9 cm³/mol. The van der Waals surface area contributed by atoms with Crippen molar-refractivity contribution >= 4 is 0 Å². The highest BCUT2D eigenvalue weighted by Crippen LogP contribution is 2.06. The van der Waals surface area contributed by atoms with Crippen molar-refractivity contribution in [3.8, 4) is 0 Å². The first-order valence-electron chi connectivity index (χ1n) is 6.58. The first kappa shape index (κ1) is 14.1. The number of aromatic nitrogens is 1. The molecule has 17 heavy (non-hydrogen) atoms. The number of rotatable bonds is 8. The van der Waals surface area contributed by atoms with E-state index in [1.54, 1.807) is 0 Å². The zero-order valence-electron chi connectivity index (χ0n) is 11.3. The highest BCUT2D eigenvalue weighted by Gasteiger charge is 2.12. The van der Waals surface area contributed by atoms with Crippen molar-refractivity contribution in [2.75, 3.05) is 20.1 Å². The largest absolute Gasteiger partial charge is 0.315 e. The molecule has 1 rings (SSSR count). The Labute approximate surface area is 105 Å². The molecule has 0 spiro atoms. The van der Waals surface area contributed by atoms with Crippen molar-refractivity contribution in [3.05, 3.63) is 30.1 Å². The van der Waals surface area contributed by atoms with Crippen LogP contribution in [0.2, 0.25) is 0 Å². The number of likely N-dealkylation sites (N-methyl/N-ethyl adjacent to an activating group) is 1. The Bertz CT molecular complexity index is 287. The van der Waals surface area contributed by atoms with E-state index < -0.39 is 0 Å². The lowest BCUT2D eigenvalue weighted by Crippen LogP contribution is -2.39. The van der Waals surface area contributed by atoms with E-state index in [0.717, 1.165) is 25.3 Å². The van der Waals surface area contributed by atoms with Crippen LogP contribution in [0.5, 0.6) is 0 Å². The molecule has 0 radical (unpaired) electrons. The summed E-state index contributed by atoms with van der Waals surface area (Å²) in [5, 5.41) is 3.49. The quantitative estimate of drug-likeness (QED) is 0.701. The average molecular weight is 235 g/mol. The van der Waals surface area contributed by atoms with Crippen molar-refractivity contribution < 1.29 is 0 Å². The fourth-order valence-corrected chi connectivity index (χ4v) is 1.93. The Hall–Kier alpha value is -0.930. The lowest BCUT2D eigenvalue weighted by molar-refractivity contribution is 0.219. The van der Waals surface area contributed by atoms with E-state index >= 15 is 0 Å². The van der Waals surface area contributed by atoms with Gasteiger partial charge in [-0.3, -0.25) is 9.88 Å². The van der Waals surface area contributed by atoms with Crippen LogP contribution < -0.4 is 5.32 Å². The van der Waals surface area contributed by atoms with E-state index in [1.807, 2.05) is 18.3 Å². The van der Waals surface area contributed by atoms with E-state index in [-0.39, 0.29) is 0 Å². The molecule has 1 aromatic heterocycles. The van der Waals surface area contributed by atoms with Crippen LogP contribution in [-0.4, -0.2) is 36.1 Å². The number of nitrogens with one attached hydrogen (secondary N) is 1. The highest BCUT2D eigenvalue weighted by atomic mass is 15.2. The SMILES string of the molecule is CCCNCC(CC)N(C)Cc1ccccn1. The van der Waals surface area contributed by atoms with E-state index in [2.05, 4.69) is 42.2 Å². The third-order valence-corrected chi connectivity index (χ3v) is 3.04. The lowest BCUT2D eigenvalue weighted by Gasteiger charge is -2.27. The second-order valence-electron chi connectivity index (χ2n) is 4.50. The number of hydrogen-bond acceptors (Lipinski definition) is 3. The van der Waals surface area contributed by atoms with Crippen molar-refractivity contribution in [2.45, 2.75) is 39.3 Å². The first-order valence-corrected chi connectivity index (χ1v) is 6.58. The van der Waals surface area contributed by atoms with Gasteiger partial charge in [0.15, 0.2) is 0 Å². The Morgan fingerprint density at radius 2 is 2.18 bits per heavy atom. The zero-order chi connectivity index (χ0) is 12.5. The van der Waals surface area contributed by atoms with E-state index in [1.165, 1.54) is 12.8 Å². The summed E-state index contributed by atoms with van der Waals surface area (Å²) in [5.41, 5.74) is 1.14. The second kappa shape index (κ2) is 8.20. The number of hydrogen-bond donors (Lipinski definition) is 1. The molecular weight excluding hydrogens is 210 g/mol. The van der Waals surface area contributed by atoms with Gasteiger partial charge in [-0.15, -0.1) is 0 Å². The van der Waals surface area contributed by atoms with Gasteiger partial charge in [0.25, 0.3) is 0 Å². The van der Waals surface area contributed by atoms with E-state index in [4.69, 9.17) is 0 Å². The van der Waals surface area contributed by atoms with Crippen LogP contribution in [0, 0.1) is 0 Å². The van der Waals surface area contributed by atoms with Gasteiger partial charge in [-0.05, 0) is 38.6 Å². The molecule has 3 heteroatoms. The summed E-state index contributed by atoms with van der Waals surface area (Å²) in [5.74, 6) is 0. The summed E-state index contributed by atoms with van der Waals surface area (Å²) in [6.45, 7) is 7.54. The molecule has 0 aliphatic rings. The molecule has 0 aliphatic heterocycles. The molecule has 1 N–H and O–H groups in total. The molecule has 0 amide bonds. The summed E-state index contributed by atoms with van der Waals surface area (Å²) in [7, 11) is 2.18. The van der Waals surface area contributed by atoms with Gasteiger partial charge in [-0.1, -0.05) is 19.9 Å². The Balaban J connectivity index is 2.40. The van der Waals surface area contributed by atoms with Crippen molar-refractivity contribution in [1.29, 1.82) is 0 Å². The van der Waals surface area contributed by atoms with Crippen LogP contribution >= 0.6 is 0 Å². The molecule has 1 heterocycles. The van der Waals surface area contributed by atoms with Crippen LogP contribution in [-0.2, 0) is 6.54 Å². The maximum absolute atomic E-state index is 4.37. The molecule has 0 bridgehead atoms. The fourth-order valence-electron chi connectivity index (χ4n) is 1.93. The molecule has 3 nitrogen and oxygen atoms in total. The van der Waals surface area contributed by atoms with Crippen LogP contribution in [0.4, 0.5) is 0 Å². The fraction of sp³-hybridized carbons (Fsp3) is 0.643. The van der Waals surface area contributed by atoms with Crippen molar-refractivity contribution in [1.82, 2.24) is 15.2 Å². The van der Waals surface area contributed by atoms with Gasteiger partial charge in [0.1, 0.15) is 0 Å². The summed E-state index contributed by atoms with van der Waals surface area (Å²) in [6.07, 6.45) is 4.22. The number of nitrogens with zero attached hydrogens (tertiary/aromatic N) is 2. The molecule has 0 fully saturated rings. The molecule has 0 aliphatic carbocycles. The maximum Gasteiger partial charge on any atom is 0.0543 e. The minimum Gasteiger partial charge on any atom is -0.315 e. The monoisotopic (exact) mass is 235 g/mol. The Morgan fingerprint density at radius 3 is 2.76 bits per heavy atom. The van der Waals surface area contributed by atoms with Gasteiger partial charge >= 0.3 is 0 Å². The molecule has 0 saturated carbocycles. The predicted octanol–water partition coefficient (Wildman–Crippen LogP) is 2.29. The van der Waals surface area contributed by atoms with Gasteiger partial charge in [0.2, 0.25) is 0 Å². The van der Waals surface area contributed by atoms with Crippen LogP contribution in [0.15, 0.2) is 24.4 Å². The minimum atomic E-state index is 0.587. The van der Waals surface area contributed by atoms with Gasteiger partial charge in [0.05, 0.1) is 5.69 Å². The molecule has 0 saturated heterocycles. The Kier molecular flexibility index (Phi) is 6.82. The topological polar surface area (TPSA) is 28.2 Å².